The Balaban J connectivity index is 2.93. The summed E-state index contributed by atoms with van der Waals surface area (Å²) in [6.07, 6.45) is 1.12. The Morgan fingerprint density at radius 3 is 1.91 bits per heavy atom. The number of nitrogens with zero attached hydrogens (tertiary/aromatic N) is 1. The number of benzene rings is 1. The van der Waals surface area contributed by atoms with E-state index in [1.165, 1.54) is 4.31 Å². The second-order valence-electron chi connectivity index (χ2n) is 6.09. The van der Waals surface area contributed by atoms with Crippen LogP contribution in [0.1, 0.15) is 30.5 Å². The molecule has 0 heterocycles. The van der Waals surface area contributed by atoms with Crippen molar-refractivity contribution in [2.45, 2.75) is 45.6 Å². The molecule has 6 nitrogen and oxygen atoms in total. The topological polar surface area (TPSA) is 83.6 Å². The van der Waals surface area contributed by atoms with Crippen molar-refractivity contribution in [3.05, 3.63) is 28.8 Å². The first-order valence-corrected chi connectivity index (χ1v) is 10.7. The maximum Gasteiger partial charge on any atom is 0.241 e. The summed E-state index contributed by atoms with van der Waals surface area (Å²) in [6, 6.07) is 3.41. The van der Waals surface area contributed by atoms with Gasteiger partial charge in [-0.05, 0) is 45.7 Å². The highest BCUT2D eigenvalue weighted by Crippen LogP contribution is 2.21. The largest absolute Gasteiger partial charge is 0.241 e. The summed E-state index contributed by atoms with van der Waals surface area (Å²) in [5.41, 5.74) is 2.36. The smallest absolute Gasteiger partial charge is 0.212 e. The summed E-state index contributed by atoms with van der Waals surface area (Å²) in [5, 5.41) is 0. The van der Waals surface area contributed by atoms with Crippen LogP contribution in [0.25, 0.3) is 0 Å². The SMILES string of the molecule is Cc1cc(C)c(S(=O)(=O)NCCN(C(C)C)S(C)(=O)=O)c(C)c1. The van der Waals surface area contributed by atoms with E-state index in [-0.39, 0.29) is 24.0 Å². The second-order valence-corrected chi connectivity index (χ2v) is 9.73. The molecule has 0 aliphatic carbocycles. The van der Waals surface area contributed by atoms with Gasteiger partial charge in [0.1, 0.15) is 0 Å². The fourth-order valence-corrected chi connectivity index (χ4v) is 5.42. The van der Waals surface area contributed by atoms with E-state index in [1.54, 1.807) is 27.7 Å². The van der Waals surface area contributed by atoms with Crippen molar-refractivity contribution in [2.24, 2.45) is 0 Å². The standard InChI is InChI=1S/C15H26N2O4S2/c1-11(2)17(22(6,18)19)8-7-16-23(20,21)15-13(4)9-12(3)10-14(15)5/h9-11,16H,7-8H2,1-6H3. The monoisotopic (exact) mass is 362 g/mol. The molecular weight excluding hydrogens is 336 g/mol. The maximum absolute atomic E-state index is 12.5. The first kappa shape index (κ1) is 20.1. The van der Waals surface area contributed by atoms with Crippen LogP contribution in [-0.4, -0.2) is 46.5 Å². The molecule has 132 valence electrons. The normalized spacial score (nSPS) is 13.0. The van der Waals surface area contributed by atoms with Gasteiger partial charge in [-0.25, -0.2) is 21.6 Å². The lowest BCUT2D eigenvalue weighted by molar-refractivity contribution is 0.360. The third-order valence-electron chi connectivity index (χ3n) is 3.50. The maximum atomic E-state index is 12.5. The molecule has 0 aliphatic heterocycles. The zero-order valence-corrected chi connectivity index (χ0v) is 16.2. The summed E-state index contributed by atoms with van der Waals surface area (Å²) >= 11 is 0. The van der Waals surface area contributed by atoms with Gasteiger partial charge in [0.2, 0.25) is 20.0 Å². The predicted molar refractivity (Wildman–Crippen MR) is 92.5 cm³/mol. The quantitative estimate of drug-likeness (QED) is 0.798. The van der Waals surface area contributed by atoms with Crippen LogP contribution in [0.15, 0.2) is 17.0 Å². The molecule has 0 unspecified atom stereocenters. The van der Waals surface area contributed by atoms with E-state index >= 15 is 0 Å². The molecule has 0 saturated carbocycles. The first-order valence-electron chi connectivity index (χ1n) is 7.40. The van der Waals surface area contributed by atoms with Gasteiger partial charge in [-0.15, -0.1) is 0 Å². The van der Waals surface area contributed by atoms with Gasteiger partial charge in [0.15, 0.2) is 0 Å². The molecule has 1 aromatic carbocycles. The lowest BCUT2D eigenvalue weighted by Gasteiger charge is -2.24. The van der Waals surface area contributed by atoms with Crippen molar-refractivity contribution < 1.29 is 16.8 Å². The summed E-state index contributed by atoms with van der Waals surface area (Å²) in [6.45, 7) is 9.06. The number of aryl methyl sites for hydroxylation is 3. The molecule has 0 aliphatic rings. The van der Waals surface area contributed by atoms with E-state index in [0.29, 0.717) is 11.1 Å². The highest BCUT2D eigenvalue weighted by molar-refractivity contribution is 7.89. The van der Waals surface area contributed by atoms with E-state index < -0.39 is 20.0 Å². The molecule has 0 radical (unpaired) electrons. The van der Waals surface area contributed by atoms with Crippen molar-refractivity contribution in [1.29, 1.82) is 0 Å². The Labute approximate surface area is 140 Å². The van der Waals surface area contributed by atoms with Crippen LogP contribution in [0.2, 0.25) is 0 Å². The zero-order chi connectivity index (χ0) is 18.0. The van der Waals surface area contributed by atoms with Crippen molar-refractivity contribution in [3.63, 3.8) is 0 Å². The molecule has 0 saturated heterocycles. The van der Waals surface area contributed by atoms with Crippen LogP contribution in [0, 0.1) is 20.8 Å². The van der Waals surface area contributed by atoms with E-state index in [4.69, 9.17) is 0 Å². The van der Waals surface area contributed by atoms with Gasteiger partial charge in [-0.2, -0.15) is 4.31 Å². The van der Waals surface area contributed by atoms with Gasteiger partial charge in [-0.1, -0.05) is 17.7 Å². The Morgan fingerprint density at radius 2 is 1.52 bits per heavy atom. The fourth-order valence-electron chi connectivity index (χ4n) is 2.76. The average molecular weight is 363 g/mol. The van der Waals surface area contributed by atoms with Gasteiger partial charge in [0.05, 0.1) is 11.2 Å². The van der Waals surface area contributed by atoms with E-state index in [0.717, 1.165) is 11.8 Å². The summed E-state index contributed by atoms with van der Waals surface area (Å²) in [7, 11) is -7.05. The van der Waals surface area contributed by atoms with E-state index in [2.05, 4.69) is 4.72 Å². The number of rotatable bonds is 7. The number of hydrogen-bond donors (Lipinski definition) is 1. The molecule has 0 atom stereocenters. The van der Waals surface area contributed by atoms with Crippen molar-refractivity contribution in [3.8, 4) is 0 Å². The molecule has 0 bridgehead atoms. The molecule has 1 rings (SSSR count). The number of nitrogens with one attached hydrogen (secondary N) is 1. The minimum atomic E-state index is -3.68. The van der Waals surface area contributed by atoms with Gasteiger partial charge < -0.3 is 0 Å². The van der Waals surface area contributed by atoms with Gasteiger partial charge in [-0.3, -0.25) is 0 Å². The third-order valence-corrected chi connectivity index (χ3v) is 6.72. The zero-order valence-electron chi connectivity index (χ0n) is 14.5. The Morgan fingerprint density at radius 1 is 1.04 bits per heavy atom. The number of sulfonamides is 2. The molecule has 0 spiro atoms. The molecule has 0 amide bonds. The molecule has 1 N–H and O–H groups in total. The third kappa shape index (κ3) is 5.27. The highest BCUT2D eigenvalue weighted by Gasteiger charge is 2.23. The van der Waals surface area contributed by atoms with Crippen molar-refractivity contribution in [2.75, 3.05) is 19.3 Å². The van der Waals surface area contributed by atoms with E-state index in [1.807, 2.05) is 19.1 Å². The number of hydrogen-bond acceptors (Lipinski definition) is 4. The molecule has 0 aromatic heterocycles. The summed E-state index contributed by atoms with van der Waals surface area (Å²) in [4.78, 5) is 0.263. The predicted octanol–water partition coefficient (Wildman–Crippen LogP) is 1.56. The average Bonchev–Trinajstić information content (AvgIpc) is 2.30. The van der Waals surface area contributed by atoms with E-state index in [9.17, 15) is 16.8 Å². The molecule has 23 heavy (non-hydrogen) atoms. The van der Waals surface area contributed by atoms with Gasteiger partial charge in [0.25, 0.3) is 0 Å². The lowest BCUT2D eigenvalue weighted by atomic mass is 10.1. The van der Waals surface area contributed by atoms with Crippen LogP contribution in [0.3, 0.4) is 0 Å². The summed E-state index contributed by atoms with van der Waals surface area (Å²) < 4.78 is 52.2. The van der Waals surface area contributed by atoms with Gasteiger partial charge >= 0.3 is 0 Å². The Hall–Kier alpha value is -0.960. The second kappa shape index (κ2) is 7.29. The molecule has 8 heteroatoms. The van der Waals surface area contributed by atoms with Crippen LogP contribution in [0.5, 0.6) is 0 Å². The van der Waals surface area contributed by atoms with Crippen LogP contribution < -0.4 is 4.72 Å². The Bertz CT molecular complexity index is 746. The van der Waals surface area contributed by atoms with Crippen LogP contribution in [-0.2, 0) is 20.0 Å². The van der Waals surface area contributed by atoms with Crippen molar-refractivity contribution in [1.82, 2.24) is 9.03 Å². The van der Waals surface area contributed by atoms with Crippen molar-refractivity contribution >= 4 is 20.0 Å². The molecule has 1 aromatic rings. The molecular formula is C15H26N2O4S2. The highest BCUT2D eigenvalue weighted by atomic mass is 32.2. The summed E-state index contributed by atoms with van der Waals surface area (Å²) in [5.74, 6) is 0. The molecule has 0 fully saturated rings. The Kier molecular flexibility index (Phi) is 6.37. The minimum absolute atomic E-state index is 0.0281. The first-order chi connectivity index (χ1) is 10.4. The van der Waals surface area contributed by atoms with Crippen LogP contribution >= 0.6 is 0 Å². The minimum Gasteiger partial charge on any atom is -0.212 e. The van der Waals surface area contributed by atoms with Gasteiger partial charge in [0, 0.05) is 19.1 Å². The fraction of sp³-hybridized carbons (Fsp3) is 0.600. The van der Waals surface area contributed by atoms with Crippen LogP contribution in [0.4, 0.5) is 0 Å². The lowest BCUT2D eigenvalue weighted by Crippen LogP contribution is -2.41.